The van der Waals surface area contributed by atoms with Crippen LogP contribution >= 0.6 is 0 Å². The maximum absolute atomic E-state index is 4.96. The maximum atomic E-state index is 4.96. The molecule has 0 fully saturated rings. The van der Waals surface area contributed by atoms with E-state index in [1.165, 1.54) is 0 Å². The summed E-state index contributed by atoms with van der Waals surface area (Å²) < 4.78 is 1.95. The summed E-state index contributed by atoms with van der Waals surface area (Å²) in [4.78, 5) is 9.07. The Kier molecular flexibility index (Phi) is 3.07. The van der Waals surface area contributed by atoms with Gasteiger partial charge in [-0.2, -0.15) is 5.48 Å². The standard InChI is InChI=1S/C7H13N3O/c1-3-11-9-6-7-8-4-5-10(7)2/h4-5,9H,3,6H2,1-2H3. The highest BCUT2D eigenvalue weighted by Gasteiger charge is 1.95. The summed E-state index contributed by atoms with van der Waals surface area (Å²) in [5, 5.41) is 0. The molecule has 1 N–H and O–H groups in total. The Morgan fingerprint density at radius 1 is 1.73 bits per heavy atom. The third-order valence-corrected chi connectivity index (χ3v) is 1.40. The van der Waals surface area contributed by atoms with Crippen molar-refractivity contribution in [2.24, 2.45) is 7.05 Å². The van der Waals surface area contributed by atoms with Gasteiger partial charge in [0.05, 0.1) is 13.2 Å². The van der Waals surface area contributed by atoms with Crippen molar-refractivity contribution in [2.75, 3.05) is 6.61 Å². The Bertz CT molecular complexity index is 209. The third kappa shape index (κ3) is 2.32. The molecule has 0 saturated heterocycles. The highest BCUT2D eigenvalue weighted by atomic mass is 16.6. The second-order valence-electron chi connectivity index (χ2n) is 2.21. The van der Waals surface area contributed by atoms with Crippen LogP contribution in [0.3, 0.4) is 0 Å². The molecular weight excluding hydrogens is 142 g/mol. The topological polar surface area (TPSA) is 39.1 Å². The number of rotatable bonds is 4. The van der Waals surface area contributed by atoms with Crippen molar-refractivity contribution in [1.29, 1.82) is 0 Å². The van der Waals surface area contributed by atoms with E-state index in [1.54, 1.807) is 6.20 Å². The molecule has 4 heteroatoms. The molecule has 1 rings (SSSR count). The third-order valence-electron chi connectivity index (χ3n) is 1.40. The van der Waals surface area contributed by atoms with Gasteiger partial charge in [0.25, 0.3) is 0 Å². The molecule has 0 saturated carbocycles. The van der Waals surface area contributed by atoms with Crippen molar-refractivity contribution in [3.05, 3.63) is 18.2 Å². The van der Waals surface area contributed by atoms with Crippen molar-refractivity contribution in [1.82, 2.24) is 15.0 Å². The number of nitrogens with zero attached hydrogens (tertiary/aromatic N) is 2. The Hall–Kier alpha value is -0.870. The van der Waals surface area contributed by atoms with Gasteiger partial charge in [0, 0.05) is 19.4 Å². The lowest BCUT2D eigenvalue weighted by atomic mass is 10.6. The van der Waals surface area contributed by atoms with E-state index >= 15 is 0 Å². The number of nitrogens with one attached hydrogen (secondary N) is 1. The molecule has 1 aromatic rings. The van der Waals surface area contributed by atoms with Crippen LogP contribution < -0.4 is 5.48 Å². The summed E-state index contributed by atoms with van der Waals surface area (Å²) >= 11 is 0. The summed E-state index contributed by atoms with van der Waals surface area (Å²) in [6, 6.07) is 0. The van der Waals surface area contributed by atoms with Crippen LogP contribution in [-0.2, 0) is 18.4 Å². The van der Waals surface area contributed by atoms with Gasteiger partial charge in [-0.1, -0.05) is 0 Å². The van der Waals surface area contributed by atoms with Crippen molar-refractivity contribution >= 4 is 0 Å². The Labute approximate surface area is 66.1 Å². The number of hydrogen-bond donors (Lipinski definition) is 1. The Morgan fingerprint density at radius 2 is 2.55 bits per heavy atom. The van der Waals surface area contributed by atoms with Crippen LogP contribution in [0.25, 0.3) is 0 Å². The van der Waals surface area contributed by atoms with Crippen molar-refractivity contribution in [3.63, 3.8) is 0 Å². The predicted octanol–water partition coefficient (Wildman–Crippen LogP) is 0.461. The van der Waals surface area contributed by atoms with E-state index in [2.05, 4.69) is 10.5 Å². The maximum Gasteiger partial charge on any atom is 0.124 e. The minimum Gasteiger partial charge on any atom is -0.337 e. The smallest absolute Gasteiger partial charge is 0.124 e. The molecule has 62 valence electrons. The first kappa shape index (κ1) is 8.23. The first-order valence-electron chi connectivity index (χ1n) is 3.65. The average molecular weight is 155 g/mol. The van der Waals surface area contributed by atoms with Gasteiger partial charge in [-0.15, -0.1) is 0 Å². The number of hydrogen-bond acceptors (Lipinski definition) is 3. The first-order valence-corrected chi connectivity index (χ1v) is 3.65. The van der Waals surface area contributed by atoms with Gasteiger partial charge in [0.1, 0.15) is 5.82 Å². The van der Waals surface area contributed by atoms with E-state index in [-0.39, 0.29) is 0 Å². The van der Waals surface area contributed by atoms with Gasteiger partial charge in [-0.3, -0.25) is 0 Å². The van der Waals surface area contributed by atoms with Crippen LogP contribution in [0.4, 0.5) is 0 Å². The minimum atomic E-state index is 0.650. The highest BCUT2D eigenvalue weighted by Crippen LogP contribution is 1.92. The van der Waals surface area contributed by atoms with Gasteiger partial charge in [0.15, 0.2) is 0 Å². The zero-order chi connectivity index (χ0) is 8.10. The quantitative estimate of drug-likeness (QED) is 0.507. The minimum absolute atomic E-state index is 0.650. The molecule has 0 aliphatic carbocycles. The van der Waals surface area contributed by atoms with Crippen LogP contribution in [-0.4, -0.2) is 16.2 Å². The lowest BCUT2D eigenvalue weighted by Gasteiger charge is -2.02. The Morgan fingerprint density at radius 3 is 3.09 bits per heavy atom. The molecule has 0 atom stereocenters. The van der Waals surface area contributed by atoms with Crippen molar-refractivity contribution in [3.8, 4) is 0 Å². The molecule has 0 unspecified atom stereocenters. The number of hydroxylamine groups is 1. The van der Waals surface area contributed by atoms with Crippen LogP contribution in [0.1, 0.15) is 12.7 Å². The van der Waals surface area contributed by atoms with Crippen LogP contribution in [0, 0.1) is 0 Å². The second kappa shape index (κ2) is 4.10. The van der Waals surface area contributed by atoms with Gasteiger partial charge in [0.2, 0.25) is 0 Å². The molecule has 0 radical (unpaired) electrons. The first-order chi connectivity index (χ1) is 5.34. The van der Waals surface area contributed by atoms with Gasteiger partial charge in [-0.25, -0.2) is 4.98 Å². The second-order valence-corrected chi connectivity index (χ2v) is 2.21. The van der Waals surface area contributed by atoms with E-state index in [0.29, 0.717) is 13.2 Å². The number of imidazole rings is 1. The van der Waals surface area contributed by atoms with E-state index in [1.807, 2.05) is 24.7 Å². The molecule has 0 spiro atoms. The summed E-state index contributed by atoms with van der Waals surface area (Å²) in [7, 11) is 1.95. The zero-order valence-electron chi connectivity index (χ0n) is 6.87. The summed E-state index contributed by atoms with van der Waals surface area (Å²) in [6.07, 6.45) is 3.67. The molecule has 0 bridgehead atoms. The number of aryl methyl sites for hydroxylation is 1. The molecule has 0 aromatic carbocycles. The molecule has 0 aliphatic heterocycles. The van der Waals surface area contributed by atoms with E-state index in [4.69, 9.17) is 4.84 Å². The monoisotopic (exact) mass is 155 g/mol. The van der Waals surface area contributed by atoms with E-state index in [0.717, 1.165) is 5.82 Å². The molecule has 1 aromatic heterocycles. The zero-order valence-corrected chi connectivity index (χ0v) is 6.87. The molecule has 4 nitrogen and oxygen atoms in total. The van der Waals surface area contributed by atoms with Gasteiger partial charge in [-0.05, 0) is 6.92 Å². The van der Waals surface area contributed by atoms with Crippen LogP contribution in [0.2, 0.25) is 0 Å². The van der Waals surface area contributed by atoms with Crippen LogP contribution in [0.15, 0.2) is 12.4 Å². The lowest BCUT2D eigenvalue weighted by molar-refractivity contribution is 0.0444. The molecular formula is C7H13N3O. The average Bonchev–Trinajstić information content (AvgIpc) is 2.37. The van der Waals surface area contributed by atoms with Crippen molar-refractivity contribution < 1.29 is 4.84 Å². The summed E-state index contributed by atoms with van der Waals surface area (Å²) in [5.74, 6) is 0.971. The fourth-order valence-corrected chi connectivity index (χ4v) is 0.784. The SMILES string of the molecule is CCONCc1nccn1C. The lowest BCUT2D eigenvalue weighted by Crippen LogP contribution is -2.16. The van der Waals surface area contributed by atoms with E-state index < -0.39 is 0 Å². The molecule has 0 amide bonds. The molecule has 1 heterocycles. The highest BCUT2D eigenvalue weighted by molar-refractivity contribution is 4.89. The summed E-state index contributed by atoms with van der Waals surface area (Å²) in [5.41, 5.74) is 2.79. The Balaban J connectivity index is 2.32. The van der Waals surface area contributed by atoms with E-state index in [9.17, 15) is 0 Å². The number of aromatic nitrogens is 2. The van der Waals surface area contributed by atoms with Gasteiger partial charge >= 0.3 is 0 Å². The normalized spacial score (nSPS) is 10.4. The van der Waals surface area contributed by atoms with Crippen LogP contribution in [0.5, 0.6) is 0 Å². The molecule has 0 aliphatic rings. The summed E-state index contributed by atoms with van der Waals surface area (Å²) in [6.45, 7) is 3.26. The largest absolute Gasteiger partial charge is 0.337 e. The predicted molar refractivity (Wildman–Crippen MR) is 41.7 cm³/mol. The fourth-order valence-electron chi connectivity index (χ4n) is 0.784. The van der Waals surface area contributed by atoms with Crippen molar-refractivity contribution in [2.45, 2.75) is 13.5 Å². The molecule has 11 heavy (non-hydrogen) atoms. The fraction of sp³-hybridized carbons (Fsp3) is 0.571. The van der Waals surface area contributed by atoms with Gasteiger partial charge < -0.3 is 9.40 Å².